The van der Waals surface area contributed by atoms with Gasteiger partial charge in [-0.2, -0.15) is 0 Å². The van der Waals surface area contributed by atoms with Gasteiger partial charge in [0.1, 0.15) is 6.33 Å². The Morgan fingerprint density at radius 1 is 1.14 bits per heavy atom. The molecule has 0 spiro atoms. The Morgan fingerprint density at radius 2 is 1.86 bits per heavy atom. The van der Waals surface area contributed by atoms with Crippen molar-refractivity contribution >= 4 is 17.3 Å². The fourth-order valence-electron chi connectivity index (χ4n) is 1.12. The first-order chi connectivity index (χ1) is 6.77. The van der Waals surface area contributed by atoms with Crippen molar-refractivity contribution < 1.29 is 0 Å². The van der Waals surface area contributed by atoms with Gasteiger partial charge < -0.3 is 5.73 Å². The molecule has 0 radical (unpaired) electrons. The Balaban J connectivity index is 2.53. The molecule has 0 amide bonds. The first-order valence-corrected chi connectivity index (χ1v) is 4.31. The van der Waals surface area contributed by atoms with Gasteiger partial charge in [-0.1, -0.05) is 11.6 Å². The van der Waals surface area contributed by atoms with Gasteiger partial charge >= 0.3 is 0 Å². The zero-order valence-electron chi connectivity index (χ0n) is 7.18. The van der Waals surface area contributed by atoms with E-state index < -0.39 is 0 Å². The lowest BCUT2D eigenvalue weighted by Crippen LogP contribution is -1.94. The average Bonchev–Trinajstić information content (AvgIpc) is 2.19. The van der Waals surface area contributed by atoms with Gasteiger partial charge in [0.2, 0.25) is 0 Å². The molecule has 0 fully saturated rings. The van der Waals surface area contributed by atoms with E-state index in [-0.39, 0.29) is 0 Å². The molecule has 0 aliphatic heterocycles. The topological polar surface area (TPSA) is 64.7 Å². The van der Waals surface area contributed by atoms with Crippen LogP contribution in [0.4, 0.5) is 5.69 Å². The van der Waals surface area contributed by atoms with Crippen molar-refractivity contribution in [1.29, 1.82) is 0 Å². The average molecular weight is 207 g/mol. The number of rotatable bonds is 1. The summed E-state index contributed by atoms with van der Waals surface area (Å²) in [5.41, 5.74) is 7.70. The standard InChI is InChI=1S/C9H7ClN4/c10-7-1-8(11)9(14-4-7)6-2-12-5-13-3-6/h1-5H,11H2. The van der Waals surface area contributed by atoms with Crippen molar-refractivity contribution in [1.82, 2.24) is 15.0 Å². The molecular formula is C9H7ClN4. The minimum absolute atomic E-state index is 0.517. The number of anilines is 1. The Labute approximate surface area is 85.8 Å². The van der Waals surface area contributed by atoms with Gasteiger partial charge in [0.25, 0.3) is 0 Å². The number of hydrogen-bond acceptors (Lipinski definition) is 4. The van der Waals surface area contributed by atoms with E-state index in [2.05, 4.69) is 15.0 Å². The third-order valence-electron chi connectivity index (χ3n) is 1.72. The number of hydrogen-bond donors (Lipinski definition) is 1. The molecule has 0 aromatic carbocycles. The largest absolute Gasteiger partial charge is 0.397 e. The number of nitrogens with two attached hydrogens (primary N) is 1. The van der Waals surface area contributed by atoms with Crippen LogP contribution in [-0.4, -0.2) is 15.0 Å². The van der Waals surface area contributed by atoms with Crippen LogP contribution in [0.2, 0.25) is 5.02 Å². The van der Waals surface area contributed by atoms with Crippen molar-refractivity contribution in [2.45, 2.75) is 0 Å². The van der Waals surface area contributed by atoms with Crippen molar-refractivity contribution in [3.8, 4) is 11.3 Å². The first kappa shape index (κ1) is 8.90. The fraction of sp³-hybridized carbons (Fsp3) is 0. The van der Waals surface area contributed by atoms with Crippen LogP contribution in [0.15, 0.2) is 31.0 Å². The first-order valence-electron chi connectivity index (χ1n) is 3.94. The SMILES string of the molecule is Nc1cc(Cl)cnc1-c1cncnc1. The molecule has 0 saturated carbocycles. The van der Waals surface area contributed by atoms with Crippen LogP contribution in [0, 0.1) is 0 Å². The zero-order valence-corrected chi connectivity index (χ0v) is 7.94. The lowest BCUT2D eigenvalue weighted by Gasteiger charge is -2.03. The van der Waals surface area contributed by atoms with Crippen LogP contribution >= 0.6 is 11.6 Å². The van der Waals surface area contributed by atoms with E-state index in [4.69, 9.17) is 17.3 Å². The number of nitrogens with zero attached hydrogens (tertiary/aromatic N) is 3. The highest BCUT2D eigenvalue weighted by Crippen LogP contribution is 2.23. The number of nitrogen functional groups attached to an aromatic ring is 1. The molecule has 0 atom stereocenters. The van der Waals surface area contributed by atoms with Crippen LogP contribution < -0.4 is 5.73 Å². The summed E-state index contributed by atoms with van der Waals surface area (Å²) in [5.74, 6) is 0. The maximum absolute atomic E-state index is 5.75. The van der Waals surface area contributed by atoms with E-state index in [1.54, 1.807) is 24.7 Å². The molecule has 70 valence electrons. The molecule has 0 unspecified atom stereocenters. The minimum Gasteiger partial charge on any atom is -0.397 e. The van der Waals surface area contributed by atoms with Crippen molar-refractivity contribution in [2.24, 2.45) is 0 Å². The third-order valence-corrected chi connectivity index (χ3v) is 1.92. The van der Waals surface area contributed by atoms with Gasteiger partial charge in [0.05, 0.1) is 16.4 Å². The Kier molecular flexibility index (Phi) is 2.28. The molecule has 0 aliphatic rings. The quantitative estimate of drug-likeness (QED) is 0.773. The Morgan fingerprint density at radius 3 is 2.50 bits per heavy atom. The highest BCUT2D eigenvalue weighted by Gasteiger charge is 2.04. The molecule has 0 aliphatic carbocycles. The maximum Gasteiger partial charge on any atom is 0.115 e. The molecule has 2 heterocycles. The minimum atomic E-state index is 0.517. The van der Waals surface area contributed by atoms with Gasteiger partial charge in [0.15, 0.2) is 0 Å². The molecule has 0 saturated heterocycles. The summed E-state index contributed by atoms with van der Waals surface area (Å²) >= 11 is 5.73. The van der Waals surface area contributed by atoms with Crippen LogP contribution in [0.3, 0.4) is 0 Å². The summed E-state index contributed by atoms with van der Waals surface area (Å²) in [6.07, 6.45) is 6.30. The summed E-state index contributed by atoms with van der Waals surface area (Å²) in [6.45, 7) is 0. The summed E-state index contributed by atoms with van der Waals surface area (Å²) in [6, 6.07) is 1.65. The third kappa shape index (κ3) is 1.65. The fourth-order valence-corrected chi connectivity index (χ4v) is 1.28. The number of halogens is 1. The molecule has 2 aromatic rings. The predicted molar refractivity (Wildman–Crippen MR) is 54.7 cm³/mol. The lowest BCUT2D eigenvalue weighted by atomic mass is 10.2. The van der Waals surface area contributed by atoms with Crippen LogP contribution in [-0.2, 0) is 0 Å². The number of pyridine rings is 1. The van der Waals surface area contributed by atoms with E-state index in [9.17, 15) is 0 Å². The summed E-state index contributed by atoms with van der Waals surface area (Å²) in [5, 5.41) is 0.517. The molecule has 2 N–H and O–H groups in total. The molecular weight excluding hydrogens is 200 g/mol. The summed E-state index contributed by atoms with van der Waals surface area (Å²) < 4.78 is 0. The van der Waals surface area contributed by atoms with Crippen LogP contribution in [0.1, 0.15) is 0 Å². The van der Waals surface area contributed by atoms with E-state index >= 15 is 0 Å². The van der Waals surface area contributed by atoms with Gasteiger partial charge in [-0.25, -0.2) is 9.97 Å². The van der Waals surface area contributed by atoms with E-state index in [1.807, 2.05) is 0 Å². The summed E-state index contributed by atoms with van der Waals surface area (Å²) in [7, 11) is 0. The molecule has 2 rings (SSSR count). The van der Waals surface area contributed by atoms with Crippen molar-refractivity contribution in [3.63, 3.8) is 0 Å². The highest BCUT2D eigenvalue weighted by atomic mass is 35.5. The Bertz CT molecular complexity index is 444. The van der Waals surface area contributed by atoms with Gasteiger partial charge in [-0.05, 0) is 6.07 Å². The predicted octanol–water partition coefficient (Wildman–Crippen LogP) is 1.77. The van der Waals surface area contributed by atoms with Crippen molar-refractivity contribution in [3.05, 3.63) is 36.0 Å². The highest BCUT2D eigenvalue weighted by molar-refractivity contribution is 6.30. The zero-order chi connectivity index (χ0) is 9.97. The molecule has 4 nitrogen and oxygen atoms in total. The second-order valence-corrected chi connectivity index (χ2v) is 3.15. The normalized spacial score (nSPS) is 10.1. The molecule has 0 bridgehead atoms. The number of aromatic nitrogens is 3. The lowest BCUT2D eigenvalue weighted by molar-refractivity contribution is 1.16. The smallest absolute Gasteiger partial charge is 0.115 e. The van der Waals surface area contributed by atoms with Crippen LogP contribution in [0.5, 0.6) is 0 Å². The van der Waals surface area contributed by atoms with Gasteiger partial charge in [0, 0.05) is 24.2 Å². The van der Waals surface area contributed by atoms with E-state index in [0.29, 0.717) is 16.4 Å². The molecule has 5 heteroatoms. The summed E-state index contributed by atoms with van der Waals surface area (Å²) in [4.78, 5) is 11.9. The van der Waals surface area contributed by atoms with Crippen molar-refractivity contribution in [2.75, 3.05) is 5.73 Å². The second kappa shape index (κ2) is 3.59. The molecule has 2 aromatic heterocycles. The second-order valence-electron chi connectivity index (χ2n) is 2.72. The van der Waals surface area contributed by atoms with E-state index in [0.717, 1.165) is 5.56 Å². The monoisotopic (exact) mass is 206 g/mol. The van der Waals surface area contributed by atoms with Gasteiger partial charge in [-0.3, -0.25) is 4.98 Å². The van der Waals surface area contributed by atoms with E-state index in [1.165, 1.54) is 6.33 Å². The van der Waals surface area contributed by atoms with Gasteiger partial charge in [-0.15, -0.1) is 0 Å². The van der Waals surface area contributed by atoms with Crippen LogP contribution in [0.25, 0.3) is 11.3 Å². The molecule has 14 heavy (non-hydrogen) atoms. The maximum atomic E-state index is 5.75. The Hall–Kier alpha value is -1.68.